The summed E-state index contributed by atoms with van der Waals surface area (Å²) in [5, 5.41) is 7.84. The fourth-order valence-corrected chi connectivity index (χ4v) is 1.64. The lowest BCUT2D eigenvalue weighted by atomic mass is 10.1. The highest BCUT2D eigenvalue weighted by atomic mass is 35.5. The molecular formula is C13H18ClNO2. The molecule has 3 nitrogen and oxygen atoms in total. The maximum absolute atomic E-state index is 7.84. The summed E-state index contributed by atoms with van der Waals surface area (Å²) in [6.07, 6.45) is -0.464. The molecule has 1 aromatic rings. The van der Waals surface area contributed by atoms with Gasteiger partial charge in [-0.25, -0.2) is 0 Å². The summed E-state index contributed by atoms with van der Waals surface area (Å²) in [7, 11) is 0. The Morgan fingerprint density at radius 3 is 2.82 bits per heavy atom. The van der Waals surface area contributed by atoms with Crippen LogP contribution in [0.5, 0.6) is 0 Å². The predicted octanol–water partition coefficient (Wildman–Crippen LogP) is 3.31. The van der Waals surface area contributed by atoms with E-state index in [0.29, 0.717) is 19.1 Å². The number of halogens is 1. The van der Waals surface area contributed by atoms with E-state index >= 15 is 0 Å². The van der Waals surface area contributed by atoms with Gasteiger partial charge in [0.05, 0.1) is 13.2 Å². The van der Waals surface area contributed by atoms with E-state index in [-0.39, 0.29) is 5.90 Å². The van der Waals surface area contributed by atoms with Crippen LogP contribution in [0.25, 0.3) is 0 Å². The first-order chi connectivity index (χ1) is 8.19. The van der Waals surface area contributed by atoms with Crippen LogP contribution in [0.1, 0.15) is 24.2 Å². The van der Waals surface area contributed by atoms with Crippen molar-refractivity contribution >= 4 is 17.5 Å². The Morgan fingerprint density at radius 1 is 1.47 bits per heavy atom. The number of alkyl halides is 1. The quantitative estimate of drug-likeness (QED) is 0.481. The van der Waals surface area contributed by atoms with E-state index in [9.17, 15) is 0 Å². The summed E-state index contributed by atoms with van der Waals surface area (Å²) in [5.41, 5.74) is 2.06. The molecule has 0 aliphatic heterocycles. The van der Waals surface area contributed by atoms with Crippen molar-refractivity contribution in [3.05, 3.63) is 35.4 Å². The standard InChI is InChI=1S/C13H18ClNO2/c1-3-16-13(15)12(17-8-7-14)11-6-4-5-10(2)9-11/h4-6,9,12,15H,3,7-8H2,1-2H3. The van der Waals surface area contributed by atoms with Gasteiger partial charge in [0.15, 0.2) is 6.10 Å². The lowest BCUT2D eigenvalue weighted by Crippen LogP contribution is -2.19. The first kappa shape index (κ1) is 14.0. The second kappa shape index (κ2) is 7.30. The minimum absolute atomic E-state index is 0.128. The topological polar surface area (TPSA) is 42.3 Å². The normalized spacial score (nSPS) is 12.2. The average molecular weight is 256 g/mol. The number of nitrogens with one attached hydrogen (secondary N) is 1. The Hall–Kier alpha value is -1.06. The number of ether oxygens (including phenoxy) is 2. The van der Waals surface area contributed by atoms with Crippen LogP contribution in [0.4, 0.5) is 0 Å². The SMILES string of the molecule is CCOC(=N)C(OCCCl)c1cccc(C)c1. The molecule has 1 atom stereocenters. The van der Waals surface area contributed by atoms with Gasteiger partial charge in [0, 0.05) is 5.88 Å². The Labute approximate surface area is 107 Å². The molecule has 0 aliphatic rings. The Balaban J connectivity index is 2.85. The minimum Gasteiger partial charge on any atom is -0.479 e. The van der Waals surface area contributed by atoms with Crippen LogP contribution in [0.3, 0.4) is 0 Å². The zero-order valence-electron chi connectivity index (χ0n) is 10.2. The number of hydrogen-bond acceptors (Lipinski definition) is 3. The third-order valence-corrected chi connectivity index (χ3v) is 2.40. The van der Waals surface area contributed by atoms with Crippen LogP contribution in [0.2, 0.25) is 0 Å². The molecule has 1 rings (SSSR count). The number of aryl methyl sites for hydroxylation is 1. The average Bonchev–Trinajstić information content (AvgIpc) is 2.30. The molecule has 17 heavy (non-hydrogen) atoms. The van der Waals surface area contributed by atoms with Crippen molar-refractivity contribution in [2.45, 2.75) is 20.0 Å². The number of rotatable bonds is 6. The fourth-order valence-electron chi connectivity index (χ4n) is 1.55. The molecule has 0 bridgehead atoms. The maximum Gasteiger partial charge on any atom is 0.215 e. The van der Waals surface area contributed by atoms with Gasteiger partial charge in [-0.05, 0) is 19.4 Å². The highest BCUT2D eigenvalue weighted by Crippen LogP contribution is 2.20. The largest absolute Gasteiger partial charge is 0.479 e. The molecule has 0 saturated heterocycles. The highest BCUT2D eigenvalue weighted by molar-refractivity contribution is 6.17. The number of hydrogen-bond donors (Lipinski definition) is 1. The van der Waals surface area contributed by atoms with Crippen molar-refractivity contribution in [3.8, 4) is 0 Å². The van der Waals surface area contributed by atoms with Crippen LogP contribution in [0, 0.1) is 12.3 Å². The van der Waals surface area contributed by atoms with E-state index in [0.717, 1.165) is 11.1 Å². The lowest BCUT2D eigenvalue weighted by molar-refractivity contribution is 0.0889. The van der Waals surface area contributed by atoms with E-state index in [4.69, 9.17) is 26.5 Å². The molecule has 1 unspecified atom stereocenters. The molecule has 94 valence electrons. The Kier molecular flexibility index (Phi) is 6.01. The van der Waals surface area contributed by atoms with Gasteiger partial charge < -0.3 is 9.47 Å². The molecule has 0 spiro atoms. The van der Waals surface area contributed by atoms with Gasteiger partial charge in [-0.1, -0.05) is 29.8 Å². The molecule has 1 N–H and O–H groups in total. The van der Waals surface area contributed by atoms with Crippen LogP contribution in [-0.4, -0.2) is 25.0 Å². The first-order valence-corrected chi connectivity index (χ1v) is 6.17. The molecule has 0 saturated carbocycles. The van der Waals surface area contributed by atoms with Gasteiger partial charge in [-0.2, -0.15) is 0 Å². The smallest absolute Gasteiger partial charge is 0.215 e. The van der Waals surface area contributed by atoms with Crippen molar-refractivity contribution < 1.29 is 9.47 Å². The van der Waals surface area contributed by atoms with Gasteiger partial charge in [-0.3, -0.25) is 5.41 Å². The van der Waals surface area contributed by atoms with Crippen molar-refractivity contribution in [1.82, 2.24) is 0 Å². The molecule has 0 heterocycles. The van der Waals surface area contributed by atoms with Crippen LogP contribution in [-0.2, 0) is 9.47 Å². The maximum atomic E-state index is 7.84. The summed E-state index contributed by atoms with van der Waals surface area (Å²) in [6, 6.07) is 7.87. The highest BCUT2D eigenvalue weighted by Gasteiger charge is 2.19. The third-order valence-electron chi connectivity index (χ3n) is 2.24. The zero-order valence-corrected chi connectivity index (χ0v) is 11.0. The molecule has 0 fully saturated rings. The molecule has 0 amide bonds. The van der Waals surface area contributed by atoms with Gasteiger partial charge in [0.1, 0.15) is 0 Å². The minimum atomic E-state index is -0.464. The lowest BCUT2D eigenvalue weighted by Gasteiger charge is -2.19. The van der Waals surface area contributed by atoms with E-state index < -0.39 is 6.10 Å². The van der Waals surface area contributed by atoms with Gasteiger partial charge in [0.2, 0.25) is 5.90 Å². The predicted molar refractivity (Wildman–Crippen MR) is 69.9 cm³/mol. The first-order valence-electron chi connectivity index (χ1n) is 5.64. The van der Waals surface area contributed by atoms with Gasteiger partial charge in [-0.15, -0.1) is 11.6 Å². The van der Waals surface area contributed by atoms with E-state index in [1.807, 2.05) is 38.1 Å². The summed E-state index contributed by atoms with van der Waals surface area (Å²) in [5.74, 6) is 0.532. The van der Waals surface area contributed by atoms with E-state index in [2.05, 4.69) is 0 Å². The summed E-state index contributed by atoms with van der Waals surface area (Å²) >= 11 is 5.61. The van der Waals surface area contributed by atoms with Gasteiger partial charge in [0.25, 0.3) is 0 Å². The molecule has 0 aliphatic carbocycles. The van der Waals surface area contributed by atoms with Crippen molar-refractivity contribution in [1.29, 1.82) is 5.41 Å². The molecule has 0 aromatic heterocycles. The van der Waals surface area contributed by atoms with Crippen molar-refractivity contribution in [2.24, 2.45) is 0 Å². The summed E-state index contributed by atoms with van der Waals surface area (Å²) < 4.78 is 10.8. The molecule has 4 heteroatoms. The monoisotopic (exact) mass is 255 g/mol. The van der Waals surface area contributed by atoms with E-state index in [1.54, 1.807) is 0 Å². The summed E-state index contributed by atoms with van der Waals surface area (Å²) in [6.45, 7) is 4.72. The number of benzene rings is 1. The second-order valence-corrected chi connectivity index (χ2v) is 4.03. The molecule has 0 radical (unpaired) electrons. The Morgan fingerprint density at radius 2 is 2.24 bits per heavy atom. The molecular weight excluding hydrogens is 238 g/mol. The van der Waals surface area contributed by atoms with E-state index in [1.165, 1.54) is 0 Å². The Bertz CT molecular complexity index is 368. The van der Waals surface area contributed by atoms with Crippen molar-refractivity contribution in [3.63, 3.8) is 0 Å². The van der Waals surface area contributed by atoms with Crippen LogP contribution in [0.15, 0.2) is 24.3 Å². The van der Waals surface area contributed by atoms with Crippen LogP contribution < -0.4 is 0 Å². The zero-order chi connectivity index (χ0) is 12.7. The summed E-state index contributed by atoms with van der Waals surface area (Å²) in [4.78, 5) is 0. The van der Waals surface area contributed by atoms with Gasteiger partial charge >= 0.3 is 0 Å². The fraction of sp³-hybridized carbons (Fsp3) is 0.462. The van der Waals surface area contributed by atoms with Crippen molar-refractivity contribution in [2.75, 3.05) is 19.1 Å². The second-order valence-electron chi connectivity index (χ2n) is 3.65. The van der Waals surface area contributed by atoms with Crippen LogP contribution >= 0.6 is 11.6 Å². The molecule has 1 aromatic carbocycles. The third kappa shape index (κ3) is 4.36.